The van der Waals surface area contributed by atoms with Crippen LogP contribution in [0.5, 0.6) is 11.8 Å². The summed E-state index contributed by atoms with van der Waals surface area (Å²) < 4.78 is 38.4. The summed E-state index contributed by atoms with van der Waals surface area (Å²) in [5.74, 6) is -0.0854. The number of sulfonamides is 1. The fraction of sp³-hybridized carbons (Fsp3) is 0.158. The van der Waals surface area contributed by atoms with Gasteiger partial charge in [-0.15, -0.1) is 0 Å². The van der Waals surface area contributed by atoms with Gasteiger partial charge in [-0.3, -0.25) is 4.72 Å². The number of ether oxygens (including phenoxy) is 2. The van der Waals surface area contributed by atoms with Crippen molar-refractivity contribution >= 4 is 39.0 Å². The molecule has 0 saturated carbocycles. The highest BCUT2D eigenvalue weighted by atomic mass is 35.5. The predicted molar refractivity (Wildman–Crippen MR) is 115 cm³/mol. The maximum absolute atomic E-state index is 12.7. The number of hydrogen-bond acceptors (Lipinski definition) is 7. The van der Waals surface area contributed by atoms with Gasteiger partial charge in [0.05, 0.1) is 29.4 Å². The molecule has 8 nitrogen and oxygen atoms in total. The molecule has 0 fully saturated rings. The molecule has 0 saturated heterocycles. The quantitative estimate of drug-likeness (QED) is 0.517. The number of hydrogen-bond donors (Lipinski definition) is 2. The van der Waals surface area contributed by atoms with E-state index >= 15 is 0 Å². The van der Waals surface area contributed by atoms with Gasteiger partial charge in [-0.2, -0.15) is 4.98 Å². The number of methoxy groups -OCH3 is 1. The third kappa shape index (κ3) is 5.11. The van der Waals surface area contributed by atoms with Crippen LogP contribution in [-0.4, -0.2) is 32.1 Å². The zero-order valence-electron chi connectivity index (χ0n) is 15.7. The molecular formula is C19H18Cl2N4O4S. The molecule has 1 atom stereocenters. The molecule has 1 heterocycles. The maximum Gasteiger partial charge on any atom is 0.264 e. The molecule has 0 aliphatic heterocycles. The first-order chi connectivity index (χ1) is 14.3. The largest absolute Gasteiger partial charge is 0.478 e. The summed E-state index contributed by atoms with van der Waals surface area (Å²) in [6.07, 6.45) is 1.26. The van der Waals surface area contributed by atoms with E-state index in [0.29, 0.717) is 0 Å². The van der Waals surface area contributed by atoms with Crippen LogP contribution in [0.1, 0.15) is 11.6 Å². The third-order valence-electron chi connectivity index (χ3n) is 3.99. The molecule has 2 aromatic carbocycles. The smallest absolute Gasteiger partial charge is 0.264 e. The average Bonchev–Trinajstić information content (AvgIpc) is 2.75. The second-order valence-corrected chi connectivity index (χ2v) is 8.49. The lowest BCUT2D eigenvalue weighted by Gasteiger charge is -2.15. The minimum absolute atomic E-state index is 0.0810. The molecule has 0 aliphatic rings. The topological polar surface area (TPSA) is 116 Å². The normalized spacial score (nSPS) is 12.3. The van der Waals surface area contributed by atoms with Gasteiger partial charge in [-0.1, -0.05) is 59.6 Å². The van der Waals surface area contributed by atoms with Crippen LogP contribution in [0.15, 0.2) is 59.6 Å². The number of rotatable bonds is 8. The minimum atomic E-state index is -4.08. The Bertz CT molecular complexity index is 1130. The zero-order chi connectivity index (χ0) is 21.7. The summed E-state index contributed by atoms with van der Waals surface area (Å²) in [5.41, 5.74) is 7.00. The molecule has 1 aromatic heterocycles. The minimum Gasteiger partial charge on any atom is -0.478 e. The molecule has 0 amide bonds. The van der Waals surface area contributed by atoms with Crippen LogP contribution in [-0.2, 0) is 10.0 Å². The van der Waals surface area contributed by atoms with Crippen molar-refractivity contribution in [2.75, 3.05) is 18.4 Å². The first-order valence-electron chi connectivity index (χ1n) is 8.63. The molecule has 0 radical (unpaired) electrons. The SMILES string of the molecule is COc1nc(OC[C@H](N)c2ccccc2)cnc1NS(=O)(=O)c1cccc(Cl)c1Cl. The second-order valence-electron chi connectivity index (χ2n) is 6.05. The van der Waals surface area contributed by atoms with E-state index in [4.69, 9.17) is 38.4 Å². The molecule has 3 N–H and O–H groups in total. The Hall–Kier alpha value is -2.59. The molecule has 0 spiro atoms. The Kier molecular flexibility index (Phi) is 6.99. The van der Waals surface area contributed by atoms with Crippen LogP contribution in [0.4, 0.5) is 5.82 Å². The first-order valence-corrected chi connectivity index (χ1v) is 10.9. The Morgan fingerprint density at radius 3 is 2.57 bits per heavy atom. The number of nitrogens with one attached hydrogen (secondary N) is 1. The first kappa shape index (κ1) is 22.1. The fourth-order valence-corrected chi connectivity index (χ4v) is 4.25. The highest BCUT2D eigenvalue weighted by Gasteiger charge is 2.23. The second kappa shape index (κ2) is 9.48. The van der Waals surface area contributed by atoms with E-state index < -0.39 is 10.0 Å². The Balaban J connectivity index is 1.76. The van der Waals surface area contributed by atoms with E-state index in [9.17, 15) is 8.42 Å². The molecule has 11 heteroatoms. The van der Waals surface area contributed by atoms with Crippen LogP contribution in [0.25, 0.3) is 0 Å². The van der Waals surface area contributed by atoms with Gasteiger partial charge in [0.25, 0.3) is 15.9 Å². The molecule has 0 aliphatic carbocycles. The number of aromatic nitrogens is 2. The molecule has 0 unspecified atom stereocenters. The van der Waals surface area contributed by atoms with E-state index in [1.807, 2.05) is 30.3 Å². The molecule has 158 valence electrons. The van der Waals surface area contributed by atoms with Crippen LogP contribution in [0.2, 0.25) is 10.0 Å². The Morgan fingerprint density at radius 2 is 1.87 bits per heavy atom. The van der Waals surface area contributed by atoms with Gasteiger partial charge in [0.15, 0.2) is 0 Å². The molecule has 30 heavy (non-hydrogen) atoms. The summed E-state index contributed by atoms with van der Waals surface area (Å²) in [4.78, 5) is 7.97. The number of nitrogens with two attached hydrogens (primary N) is 1. The summed E-state index contributed by atoms with van der Waals surface area (Å²) in [6, 6.07) is 13.3. The lowest BCUT2D eigenvalue weighted by Crippen LogP contribution is -2.20. The fourth-order valence-electron chi connectivity index (χ4n) is 2.48. The lowest BCUT2D eigenvalue weighted by atomic mass is 10.1. The van der Waals surface area contributed by atoms with Crippen molar-refractivity contribution < 1.29 is 17.9 Å². The number of anilines is 1. The van der Waals surface area contributed by atoms with Crippen molar-refractivity contribution in [1.82, 2.24) is 9.97 Å². The number of nitrogens with zero attached hydrogens (tertiary/aromatic N) is 2. The number of halogens is 2. The maximum atomic E-state index is 12.7. The molecule has 3 aromatic rings. The van der Waals surface area contributed by atoms with Gasteiger partial charge >= 0.3 is 0 Å². The van der Waals surface area contributed by atoms with Crippen molar-refractivity contribution in [3.8, 4) is 11.8 Å². The monoisotopic (exact) mass is 468 g/mol. The van der Waals surface area contributed by atoms with Crippen molar-refractivity contribution in [1.29, 1.82) is 0 Å². The van der Waals surface area contributed by atoms with E-state index in [-0.39, 0.29) is 45.2 Å². The average molecular weight is 469 g/mol. The summed E-state index contributed by atoms with van der Waals surface area (Å²) >= 11 is 11.9. The van der Waals surface area contributed by atoms with Gasteiger partial charge in [-0.05, 0) is 17.7 Å². The van der Waals surface area contributed by atoms with Gasteiger partial charge in [-0.25, -0.2) is 13.4 Å². The lowest BCUT2D eigenvalue weighted by molar-refractivity contribution is 0.273. The highest BCUT2D eigenvalue weighted by Crippen LogP contribution is 2.31. The summed E-state index contributed by atoms with van der Waals surface area (Å²) in [7, 11) is -2.76. The highest BCUT2D eigenvalue weighted by molar-refractivity contribution is 7.92. The van der Waals surface area contributed by atoms with Crippen molar-refractivity contribution in [3.63, 3.8) is 0 Å². The van der Waals surface area contributed by atoms with Gasteiger partial charge in [0, 0.05) is 0 Å². The summed E-state index contributed by atoms with van der Waals surface area (Å²) in [5, 5.41) is 0.00420. The van der Waals surface area contributed by atoms with Crippen LogP contribution in [0, 0.1) is 0 Å². The van der Waals surface area contributed by atoms with Crippen LogP contribution >= 0.6 is 23.2 Å². The van der Waals surface area contributed by atoms with Gasteiger partial charge < -0.3 is 15.2 Å². The molecular weight excluding hydrogens is 451 g/mol. The van der Waals surface area contributed by atoms with E-state index in [1.54, 1.807) is 0 Å². The Labute approximate surface area is 184 Å². The van der Waals surface area contributed by atoms with Crippen molar-refractivity contribution in [2.45, 2.75) is 10.9 Å². The summed E-state index contributed by atoms with van der Waals surface area (Å²) in [6.45, 7) is 0.144. The molecule has 3 rings (SSSR count). The zero-order valence-corrected chi connectivity index (χ0v) is 18.1. The van der Waals surface area contributed by atoms with E-state index in [1.165, 1.54) is 31.5 Å². The van der Waals surface area contributed by atoms with Gasteiger partial charge in [0.2, 0.25) is 11.7 Å². The number of benzene rings is 2. The van der Waals surface area contributed by atoms with Crippen molar-refractivity contribution in [3.05, 3.63) is 70.3 Å². The third-order valence-corrected chi connectivity index (χ3v) is 6.30. The van der Waals surface area contributed by atoms with Crippen molar-refractivity contribution in [2.24, 2.45) is 5.73 Å². The predicted octanol–water partition coefficient (Wildman–Crippen LogP) is 3.67. The standard InChI is InChI=1S/C19H18Cl2N4O4S/c1-28-19-18(25-30(26,27)15-9-5-8-13(20)17(15)21)23-10-16(24-19)29-11-14(22)12-6-3-2-4-7-12/h2-10,14H,11,22H2,1H3,(H,23,25)/t14-/m0/s1. The van der Waals surface area contributed by atoms with E-state index in [2.05, 4.69) is 14.7 Å². The molecule has 0 bridgehead atoms. The van der Waals surface area contributed by atoms with E-state index in [0.717, 1.165) is 5.56 Å². The van der Waals surface area contributed by atoms with Crippen LogP contribution < -0.4 is 19.9 Å². The Morgan fingerprint density at radius 1 is 1.13 bits per heavy atom. The van der Waals surface area contributed by atoms with Gasteiger partial charge in [0.1, 0.15) is 11.5 Å². The van der Waals surface area contributed by atoms with Crippen LogP contribution in [0.3, 0.4) is 0 Å².